The van der Waals surface area contributed by atoms with Gasteiger partial charge >= 0.3 is 0 Å². The molecule has 0 aliphatic heterocycles. The van der Waals surface area contributed by atoms with Crippen molar-refractivity contribution in [2.24, 2.45) is 5.73 Å². The predicted molar refractivity (Wildman–Crippen MR) is 109 cm³/mol. The van der Waals surface area contributed by atoms with Gasteiger partial charge in [-0.1, -0.05) is 22.0 Å². The maximum atomic E-state index is 12.6. The molecule has 0 atom stereocenters. The highest BCUT2D eigenvalue weighted by Gasteiger charge is 2.15. The van der Waals surface area contributed by atoms with Crippen LogP contribution in [-0.2, 0) is 11.3 Å². The van der Waals surface area contributed by atoms with E-state index in [9.17, 15) is 9.59 Å². The highest BCUT2D eigenvalue weighted by molar-refractivity contribution is 9.10. The van der Waals surface area contributed by atoms with Crippen LogP contribution in [0.4, 0.5) is 0 Å². The fraction of sp³-hybridized carbons (Fsp3) is 0.300. The summed E-state index contributed by atoms with van der Waals surface area (Å²) in [5.41, 5.74) is 6.34. The molecule has 28 heavy (non-hydrogen) atoms. The molecule has 2 rings (SSSR count). The summed E-state index contributed by atoms with van der Waals surface area (Å²) in [4.78, 5) is 23.5. The lowest BCUT2D eigenvalue weighted by molar-refractivity contribution is -0.119. The highest BCUT2D eigenvalue weighted by Crippen LogP contribution is 2.28. The topological polar surface area (TPSA) is 99.9 Å². The first-order valence-corrected chi connectivity index (χ1v) is 9.42. The van der Waals surface area contributed by atoms with Crippen molar-refractivity contribution in [3.8, 4) is 17.2 Å². The number of nitrogens with one attached hydrogen (secondary N) is 1. The molecule has 2 aromatic carbocycles. The van der Waals surface area contributed by atoms with Crippen molar-refractivity contribution in [3.05, 3.63) is 52.0 Å². The van der Waals surface area contributed by atoms with Gasteiger partial charge in [0, 0.05) is 11.0 Å². The van der Waals surface area contributed by atoms with Gasteiger partial charge in [0.15, 0.2) is 18.1 Å². The van der Waals surface area contributed by atoms with Crippen LogP contribution in [0.2, 0.25) is 0 Å². The van der Waals surface area contributed by atoms with Crippen molar-refractivity contribution in [2.45, 2.75) is 26.5 Å². The summed E-state index contributed by atoms with van der Waals surface area (Å²) in [6, 6.07) is 10.4. The second-order valence-electron chi connectivity index (χ2n) is 6.23. The van der Waals surface area contributed by atoms with Gasteiger partial charge in [-0.2, -0.15) is 0 Å². The third-order valence-corrected chi connectivity index (χ3v) is 4.10. The van der Waals surface area contributed by atoms with E-state index >= 15 is 0 Å². The van der Waals surface area contributed by atoms with Crippen molar-refractivity contribution < 1.29 is 23.8 Å². The molecule has 2 amide bonds. The molecule has 0 aliphatic rings. The first-order chi connectivity index (χ1) is 13.3. The Balaban J connectivity index is 2.09. The second-order valence-corrected chi connectivity index (χ2v) is 7.15. The summed E-state index contributed by atoms with van der Waals surface area (Å²) >= 11 is 3.39. The molecular formula is C20H23BrN2O5. The third-order valence-electron chi connectivity index (χ3n) is 3.60. The average molecular weight is 451 g/mol. The van der Waals surface area contributed by atoms with E-state index in [0.717, 1.165) is 10.0 Å². The largest absolute Gasteiger partial charge is 0.493 e. The van der Waals surface area contributed by atoms with Crippen LogP contribution in [0.15, 0.2) is 40.9 Å². The first kappa shape index (κ1) is 21.6. The average Bonchev–Trinajstić information content (AvgIpc) is 2.64. The molecule has 0 radical (unpaired) electrons. The van der Waals surface area contributed by atoms with E-state index in [-0.39, 0.29) is 25.2 Å². The zero-order chi connectivity index (χ0) is 20.7. The summed E-state index contributed by atoms with van der Waals surface area (Å²) in [6.45, 7) is 3.84. The zero-order valence-corrected chi connectivity index (χ0v) is 17.5. The number of carbonyl (C=O) groups is 2. The monoisotopic (exact) mass is 450 g/mol. The van der Waals surface area contributed by atoms with E-state index < -0.39 is 5.91 Å². The first-order valence-electron chi connectivity index (χ1n) is 8.62. The molecule has 0 saturated carbocycles. The molecule has 0 saturated heterocycles. The van der Waals surface area contributed by atoms with Crippen LogP contribution in [0.25, 0.3) is 0 Å². The molecule has 0 aliphatic carbocycles. The molecule has 150 valence electrons. The van der Waals surface area contributed by atoms with Gasteiger partial charge in [-0.3, -0.25) is 9.59 Å². The van der Waals surface area contributed by atoms with Crippen LogP contribution in [0.5, 0.6) is 17.2 Å². The highest BCUT2D eigenvalue weighted by atomic mass is 79.9. The number of carbonyl (C=O) groups excluding carboxylic acids is 2. The van der Waals surface area contributed by atoms with Gasteiger partial charge in [-0.05, 0) is 49.7 Å². The van der Waals surface area contributed by atoms with Gasteiger partial charge in [0.05, 0.1) is 18.8 Å². The van der Waals surface area contributed by atoms with Crippen LogP contribution in [0.1, 0.15) is 29.8 Å². The number of primary amides is 1. The quantitative estimate of drug-likeness (QED) is 0.611. The number of halogens is 1. The maximum absolute atomic E-state index is 12.6. The van der Waals surface area contributed by atoms with E-state index in [1.807, 2.05) is 13.8 Å². The molecule has 2 aromatic rings. The molecule has 0 spiro atoms. The van der Waals surface area contributed by atoms with E-state index in [1.165, 1.54) is 7.11 Å². The molecule has 0 bridgehead atoms. The van der Waals surface area contributed by atoms with E-state index in [0.29, 0.717) is 22.8 Å². The molecule has 0 fully saturated rings. The number of benzene rings is 2. The number of hydrogen-bond donors (Lipinski definition) is 2. The smallest absolute Gasteiger partial charge is 0.255 e. The lowest BCUT2D eigenvalue weighted by Gasteiger charge is -2.15. The van der Waals surface area contributed by atoms with Gasteiger partial charge in [-0.15, -0.1) is 0 Å². The molecule has 7 nitrogen and oxygen atoms in total. The molecule has 0 unspecified atom stereocenters. The molecule has 0 aromatic heterocycles. The van der Waals surface area contributed by atoms with Crippen molar-refractivity contribution in [3.63, 3.8) is 0 Å². The summed E-state index contributed by atoms with van der Waals surface area (Å²) in [7, 11) is 1.49. The number of nitrogens with two attached hydrogens (primary N) is 1. The Morgan fingerprint density at radius 3 is 2.50 bits per heavy atom. The normalized spacial score (nSPS) is 10.5. The lowest BCUT2D eigenvalue weighted by Crippen LogP contribution is -2.24. The molecule has 3 N–H and O–H groups in total. The number of amides is 2. The minimum Gasteiger partial charge on any atom is -0.493 e. The Kier molecular flexibility index (Phi) is 7.69. The molecule has 0 heterocycles. The third kappa shape index (κ3) is 6.16. The zero-order valence-electron chi connectivity index (χ0n) is 16.0. The second kappa shape index (κ2) is 9.98. The Morgan fingerprint density at radius 1 is 1.11 bits per heavy atom. The van der Waals surface area contributed by atoms with Crippen LogP contribution in [0.3, 0.4) is 0 Å². The Morgan fingerprint density at radius 2 is 1.86 bits per heavy atom. The fourth-order valence-electron chi connectivity index (χ4n) is 2.40. The summed E-state index contributed by atoms with van der Waals surface area (Å²) in [5, 5.41) is 2.86. The number of rotatable bonds is 9. The van der Waals surface area contributed by atoms with Crippen LogP contribution < -0.4 is 25.3 Å². The van der Waals surface area contributed by atoms with Crippen molar-refractivity contribution in [1.82, 2.24) is 5.32 Å². The van der Waals surface area contributed by atoms with E-state index in [2.05, 4.69) is 21.2 Å². The minimum absolute atomic E-state index is 0.0574. The van der Waals surface area contributed by atoms with Gasteiger partial charge in [0.25, 0.3) is 11.8 Å². The number of hydrogen-bond acceptors (Lipinski definition) is 5. The van der Waals surface area contributed by atoms with Crippen LogP contribution in [-0.4, -0.2) is 31.6 Å². The SMILES string of the molecule is COc1cc(CNC(=O)c2ccc(Br)cc2OC(C)C)ccc1OCC(N)=O. The van der Waals surface area contributed by atoms with Crippen molar-refractivity contribution in [2.75, 3.05) is 13.7 Å². The van der Waals surface area contributed by atoms with Gasteiger partial charge in [-0.25, -0.2) is 0 Å². The van der Waals surface area contributed by atoms with Gasteiger partial charge in [0.2, 0.25) is 0 Å². The van der Waals surface area contributed by atoms with Gasteiger partial charge in [0.1, 0.15) is 5.75 Å². The van der Waals surface area contributed by atoms with Crippen LogP contribution in [0, 0.1) is 0 Å². The standard InChI is InChI=1S/C20H23BrN2O5/c1-12(2)28-17-9-14(21)5-6-15(17)20(25)23-10-13-4-7-16(18(8-13)26-3)27-11-19(22)24/h4-9,12H,10-11H2,1-3H3,(H2,22,24)(H,23,25). The number of ether oxygens (including phenoxy) is 3. The Bertz CT molecular complexity index is 854. The Labute approximate surface area is 172 Å². The summed E-state index contributed by atoms with van der Waals surface area (Å²) < 4.78 is 17.1. The maximum Gasteiger partial charge on any atom is 0.255 e. The van der Waals surface area contributed by atoms with Crippen molar-refractivity contribution >= 4 is 27.7 Å². The Hall–Kier alpha value is -2.74. The predicted octanol–water partition coefficient (Wildman–Crippen LogP) is 3.04. The number of methoxy groups -OCH3 is 1. The van der Waals surface area contributed by atoms with Crippen LogP contribution >= 0.6 is 15.9 Å². The van der Waals surface area contributed by atoms with E-state index in [4.69, 9.17) is 19.9 Å². The summed E-state index contributed by atoms with van der Waals surface area (Å²) in [5.74, 6) is 0.524. The fourth-order valence-corrected chi connectivity index (χ4v) is 2.74. The van der Waals surface area contributed by atoms with E-state index in [1.54, 1.807) is 36.4 Å². The van der Waals surface area contributed by atoms with Gasteiger partial charge < -0.3 is 25.3 Å². The molecular weight excluding hydrogens is 428 g/mol. The lowest BCUT2D eigenvalue weighted by atomic mass is 10.1. The molecule has 8 heteroatoms. The van der Waals surface area contributed by atoms with Crippen molar-refractivity contribution in [1.29, 1.82) is 0 Å². The minimum atomic E-state index is -0.577. The summed E-state index contributed by atoms with van der Waals surface area (Å²) in [6.07, 6.45) is -0.0574.